The summed E-state index contributed by atoms with van der Waals surface area (Å²) in [6.45, 7) is 2.36. The first-order valence-electron chi connectivity index (χ1n) is 8.46. The summed E-state index contributed by atoms with van der Waals surface area (Å²) in [7, 11) is -3.87. The number of nitrogens with one attached hydrogen (secondary N) is 1. The molecule has 1 fully saturated rings. The zero-order valence-corrected chi connectivity index (χ0v) is 16.0. The maximum Gasteiger partial charge on any atom is 0.258 e. The molecule has 11 heteroatoms. The lowest BCUT2D eigenvalue weighted by Crippen LogP contribution is -2.40. The van der Waals surface area contributed by atoms with Crippen LogP contribution in [0.5, 0.6) is 0 Å². The quantitative estimate of drug-likeness (QED) is 0.458. The number of carbonyl (C=O) groups excluding carboxylic acids is 1. The molecule has 0 aliphatic carbocycles. The van der Waals surface area contributed by atoms with Gasteiger partial charge in [-0.2, -0.15) is 4.31 Å². The lowest BCUT2D eigenvalue weighted by atomic mass is 10.1. The number of carbonyl (C=O) groups is 1. The Morgan fingerprint density at radius 1 is 1.03 bits per heavy atom. The van der Waals surface area contributed by atoms with Gasteiger partial charge >= 0.3 is 0 Å². The van der Waals surface area contributed by atoms with Crippen molar-refractivity contribution in [3.63, 3.8) is 0 Å². The molecule has 1 heterocycles. The molecule has 0 aromatic heterocycles. The van der Waals surface area contributed by atoms with Gasteiger partial charge in [0, 0.05) is 18.8 Å². The molecule has 1 aliphatic heterocycles. The van der Waals surface area contributed by atoms with Crippen LogP contribution in [0.1, 0.15) is 15.9 Å². The Kier molecular flexibility index (Phi) is 5.92. The first kappa shape index (κ1) is 21.2. The molecule has 0 atom stereocenters. The summed E-state index contributed by atoms with van der Waals surface area (Å²) >= 11 is 0. The Labute approximate surface area is 164 Å². The molecule has 2 aromatic rings. The van der Waals surface area contributed by atoms with Crippen LogP contribution in [-0.2, 0) is 14.8 Å². The van der Waals surface area contributed by atoms with E-state index in [0.29, 0.717) is 5.56 Å². The second kappa shape index (κ2) is 8.09. The van der Waals surface area contributed by atoms with E-state index in [1.807, 2.05) is 0 Å². The summed E-state index contributed by atoms with van der Waals surface area (Å²) in [4.78, 5) is 12.2. The summed E-state index contributed by atoms with van der Waals surface area (Å²) in [6, 6.07) is 4.15. The highest BCUT2D eigenvalue weighted by molar-refractivity contribution is 7.89. The fourth-order valence-electron chi connectivity index (χ4n) is 2.76. The van der Waals surface area contributed by atoms with Crippen LogP contribution in [0.2, 0.25) is 0 Å². The van der Waals surface area contributed by atoms with Crippen molar-refractivity contribution >= 4 is 21.6 Å². The molecule has 0 spiro atoms. The second-order valence-electron chi connectivity index (χ2n) is 6.30. The van der Waals surface area contributed by atoms with Crippen LogP contribution in [0.3, 0.4) is 0 Å². The van der Waals surface area contributed by atoms with Crippen molar-refractivity contribution in [2.75, 3.05) is 31.6 Å². The minimum atomic E-state index is -3.87. The average Bonchev–Trinajstić information content (AvgIpc) is 2.71. The third kappa shape index (κ3) is 4.11. The smallest absolute Gasteiger partial charge is 0.258 e. The number of benzene rings is 2. The zero-order valence-electron chi connectivity index (χ0n) is 15.1. The summed E-state index contributed by atoms with van der Waals surface area (Å²) in [6.07, 6.45) is 0. The predicted molar refractivity (Wildman–Crippen MR) is 95.0 cm³/mol. The molecule has 6 nitrogen and oxygen atoms in total. The Balaban J connectivity index is 1.92. The van der Waals surface area contributed by atoms with Crippen LogP contribution >= 0.6 is 0 Å². The third-order valence-electron chi connectivity index (χ3n) is 4.41. The Hall–Kier alpha value is -2.50. The fourth-order valence-corrected chi connectivity index (χ4v) is 4.19. The Bertz CT molecular complexity index is 1070. The summed E-state index contributed by atoms with van der Waals surface area (Å²) in [5, 5.41) is 2.21. The van der Waals surface area contributed by atoms with Gasteiger partial charge in [0.15, 0.2) is 23.3 Å². The first-order chi connectivity index (χ1) is 13.6. The number of amides is 1. The third-order valence-corrected chi connectivity index (χ3v) is 6.31. The van der Waals surface area contributed by atoms with Gasteiger partial charge in [-0.25, -0.2) is 26.0 Å². The predicted octanol–water partition coefficient (Wildman–Crippen LogP) is 2.82. The molecule has 1 saturated heterocycles. The SMILES string of the molecule is Cc1ccc(S(=O)(=O)N2CCOCC2)cc1NC(=O)c1cc(F)c(F)c(F)c1F. The van der Waals surface area contributed by atoms with Gasteiger partial charge in [-0.1, -0.05) is 6.07 Å². The largest absolute Gasteiger partial charge is 0.379 e. The number of hydrogen-bond acceptors (Lipinski definition) is 4. The second-order valence-corrected chi connectivity index (χ2v) is 8.23. The molecule has 0 unspecified atom stereocenters. The molecule has 1 amide bonds. The average molecular weight is 432 g/mol. The van der Waals surface area contributed by atoms with E-state index in [1.54, 1.807) is 6.92 Å². The fraction of sp³-hybridized carbons (Fsp3) is 0.278. The van der Waals surface area contributed by atoms with Crippen LogP contribution in [0.4, 0.5) is 23.2 Å². The van der Waals surface area contributed by atoms with Gasteiger partial charge in [0.1, 0.15) is 0 Å². The highest BCUT2D eigenvalue weighted by Crippen LogP contribution is 2.25. The number of halogens is 4. The lowest BCUT2D eigenvalue weighted by molar-refractivity contribution is 0.0730. The number of hydrogen-bond donors (Lipinski definition) is 1. The van der Waals surface area contributed by atoms with E-state index in [2.05, 4.69) is 5.32 Å². The molecular formula is C18H16F4N2O4S. The van der Waals surface area contributed by atoms with Crippen LogP contribution in [0.15, 0.2) is 29.2 Å². The normalized spacial score (nSPS) is 15.3. The number of aryl methyl sites for hydroxylation is 1. The molecule has 1 N–H and O–H groups in total. The Morgan fingerprint density at radius 3 is 2.34 bits per heavy atom. The molecule has 2 aromatic carbocycles. The van der Waals surface area contributed by atoms with Gasteiger partial charge in [0.25, 0.3) is 5.91 Å². The van der Waals surface area contributed by atoms with E-state index in [-0.39, 0.29) is 43.0 Å². The van der Waals surface area contributed by atoms with Gasteiger partial charge < -0.3 is 10.1 Å². The van der Waals surface area contributed by atoms with Crippen molar-refractivity contribution in [1.29, 1.82) is 0 Å². The monoisotopic (exact) mass is 432 g/mol. The number of anilines is 1. The number of sulfonamides is 1. The minimum absolute atomic E-state index is 0.00567. The molecule has 3 rings (SSSR count). The molecule has 29 heavy (non-hydrogen) atoms. The molecule has 0 radical (unpaired) electrons. The molecular weight excluding hydrogens is 416 g/mol. The highest BCUT2D eigenvalue weighted by atomic mass is 32.2. The highest BCUT2D eigenvalue weighted by Gasteiger charge is 2.28. The van der Waals surface area contributed by atoms with Crippen molar-refractivity contribution in [2.24, 2.45) is 0 Å². The van der Waals surface area contributed by atoms with Gasteiger partial charge in [0.05, 0.1) is 23.7 Å². The van der Waals surface area contributed by atoms with Crippen LogP contribution in [0, 0.1) is 30.2 Å². The van der Waals surface area contributed by atoms with Crippen molar-refractivity contribution < 1.29 is 35.5 Å². The first-order valence-corrected chi connectivity index (χ1v) is 9.90. The van der Waals surface area contributed by atoms with Crippen molar-refractivity contribution in [2.45, 2.75) is 11.8 Å². The maximum absolute atomic E-state index is 13.9. The van der Waals surface area contributed by atoms with Gasteiger partial charge in [-0.15, -0.1) is 0 Å². The van der Waals surface area contributed by atoms with E-state index in [9.17, 15) is 30.8 Å². The zero-order chi connectivity index (χ0) is 21.3. The maximum atomic E-state index is 13.9. The van der Waals surface area contributed by atoms with E-state index >= 15 is 0 Å². The van der Waals surface area contributed by atoms with Crippen molar-refractivity contribution in [3.8, 4) is 0 Å². The lowest BCUT2D eigenvalue weighted by Gasteiger charge is -2.26. The minimum Gasteiger partial charge on any atom is -0.379 e. The summed E-state index contributed by atoms with van der Waals surface area (Å²) in [5.74, 6) is -8.99. The van der Waals surface area contributed by atoms with Gasteiger partial charge in [-0.3, -0.25) is 4.79 Å². The summed E-state index contributed by atoms with van der Waals surface area (Å²) in [5.41, 5.74) is -0.640. The summed E-state index contributed by atoms with van der Waals surface area (Å²) < 4.78 is 85.5. The van der Waals surface area contributed by atoms with Crippen LogP contribution in [0.25, 0.3) is 0 Å². The molecule has 0 bridgehead atoms. The number of morpholine rings is 1. The van der Waals surface area contributed by atoms with Crippen molar-refractivity contribution in [3.05, 3.63) is 58.7 Å². The topological polar surface area (TPSA) is 75.7 Å². The molecule has 1 aliphatic rings. The van der Waals surface area contributed by atoms with E-state index in [0.717, 1.165) is 6.07 Å². The molecule has 0 saturated carbocycles. The van der Waals surface area contributed by atoms with Crippen molar-refractivity contribution in [1.82, 2.24) is 4.31 Å². The number of ether oxygens (including phenoxy) is 1. The number of rotatable bonds is 4. The van der Waals surface area contributed by atoms with E-state index in [4.69, 9.17) is 4.74 Å². The standard InChI is InChI=1S/C18H16F4N2O4S/c1-10-2-3-11(29(26,27)24-4-6-28-7-5-24)8-14(10)23-18(25)12-9-13(19)16(21)17(22)15(12)20/h2-3,8-9H,4-7H2,1H3,(H,23,25). The molecule has 156 valence electrons. The van der Waals surface area contributed by atoms with E-state index < -0.39 is 44.8 Å². The Morgan fingerprint density at radius 2 is 1.69 bits per heavy atom. The van der Waals surface area contributed by atoms with Crippen LogP contribution < -0.4 is 5.32 Å². The van der Waals surface area contributed by atoms with E-state index in [1.165, 1.54) is 16.4 Å². The van der Waals surface area contributed by atoms with Crippen LogP contribution in [-0.4, -0.2) is 44.9 Å². The number of nitrogens with zero attached hydrogens (tertiary/aromatic N) is 1. The van der Waals surface area contributed by atoms with Gasteiger partial charge in [-0.05, 0) is 30.7 Å². The van der Waals surface area contributed by atoms with Gasteiger partial charge in [0.2, 0.25) is 10.0 Å².